The zero-order chi connectivity index (χ0) is 20.0. The number of para-hydroxylation sites is 1. The van der Waals surface area contributed by atoms with Gasteiger partial charge in [-0.25, -0.2) is 19.0 Å². The van der Waals surface area contributed by atoms with E-state index in [2.05, 4.69) is 22.1 Å². The normalized spacial score (nSPS) is 17.1. The van der Waals surface area contributed by atoms with Crippen molar-refractivity contribution in [2.45, 2.75) is 13.0 Å². The molecular formula is C19H17N5O4S. The lowest BCUT2D eigenvalue weighted by Gasteiger charge is -2.34. The van der Waals surface area contributed by atoms with Gasteiger partial charge in [-0.3, -0.25) is 0 Å². The number of benzene rings is 1. The highest BCUT2D eigenvalue weighted by Gasteiger charge is 2.24. The number of rotatable bonds is 1. The van der Waals surface area contributed by atoms with E-state index in [-0.39, 0.29) is 17.5 Å². The molecule has 5 rings (SSSR count). The first kappa shape index (κ1) is 17.8. The molecule has 4 aromatic rings. The second kappa shape index (κ2) is 6.98. The van der Waals surface area contributed by atoms with E-state index in [0.717, 1.165) is 35.4 Å². The zero-order valence-electron chi connectivity index (χ0n) is 15.5. The van der Waals surface area contributed by atoms with E-state index in [9.17, 15) is 9.59 Å². The van der Waals surface area contributed by atoms with Gasteiger partial charge in [0.05, 0.1) is 10.2 Å². The third-order valence-electron chi connectivity index (χ3n) is 4.77. The summed E-state index contributed by atoms with van der Waals surface area (Å²) in [5.41, 5.74) is -0.565. The first-order valence-electron chi connectivity index (χ1n) is 9.18. The van der Waals surface area contributed by atoms with Crippen molar-refractivity contribution in [3.8, 4) is 0 Å². The van der Waals surface area contributed by atoms with Crippen LogP contribution in [0.2, 0.25) is 0 Å². The smallest absolute Gasteiger partial charge is 0.337 e. The maximum atomic E-state index is 12.2. The Kier molecular flexibility index (Phi) is 4.29. The quantitative estimate of drug-likeness (QED) is 0.506. The molecular weight excluding hydrogens is 394 g/mol. The molecule has 0 amide bonds. The minimum Gasteiger partial charge on any atom is -0.400 e. The molecule has 0 radical (unpaired) electrons. The maximum absolute atomic E-state index is 12.2. The Morgan fingerprint density at radius 3 is 2.72 bits per heavy atom. The summed E-state index contributed by atoms with van der Waals surface area (Å²) in [5, 5.41) is 3.36. The van der Waals surface area contributed by atoms with Crippen molar-refractivity contribution in [3.63, 3.8) is 0 Å². The number of imidazole rings is 1. The highest BCUT2D eigenvalue weighted by atomic mass is 32.1. The Hall–Kier alpha value is -3.24. The van der Waals surface area contributed by atoms with Gasteiger partial charge in [-0.1, -0.05) is 23.5 Å². The van der Waals surface area contributed by atoms with Crippen LogP contribution in [0.3, 0.4) is 0 Å². The molecule has 1 saturated heterocycles. The lowest BCUT2D eigenvalue weighted by atomic mass is 10.2. The van der Waals surface area contributed by atoms with Crippen molar-refractivity contribution >= 4 is 43.9 Å². The maximum Gasteiger partial charge on any atom is 0.337 e. The van der Waals surface area contributed by atoms with Crippen LogP contribution in [0.25, 0.3) is 26.6 Å². The minimum absolute atomic E-state index is 0.0486. The van der Waals surface area contributed by atoms with Crippen molar-refractivity contribution in [1.82, 2.24) is 19.7 Å². The summed E-state index contributed by atoms with van der Waals surface area (Å²) >= 11 is 1.37. The van der Waals surface area contributed by atoms with Crippen LogP contribution in [-0.2, 0) is 0 Å². The summed E-state index contributed by atoms with van der Waals surface area (Å²) in [6.45, 7) is 4.39. The van der Waals surface area contributed by atoms with Gasteiger partial charge in [0.25, 0.3) is 11.4 Å². The van der Waals surface area contributed by atoms with Crippen LogP contribution in [0.15, 0.2) is 54.8 Å². The molecule has 29 heavy (non-hydrogen) atoms. The van der Waals surface area contributed by atoms with E-state index in [4.69, 9.17) is 13.8 Å². The molecule has 1 fully saturated rings. The Bertz CT molecular complexity index is 1400. The van der Waals surface area contributed by atoms with E-state index in [1.54, 1.807) is 4.40 Å². The SMILES string of the molecule is CC1CNCCN1c1nc2ccccc2sc2nc3oc(=O)ccc(=O)oc3n12. The molecule has 0 bridgehead atoms. The highest BCUT2D eigenvalue weighted by Crippen LogP contribution is 2.28. The fourth-order valence-electron chi connectivity index (χ4n) is 3.39. The first-order chi connectivity index (χ1) is 14.1. The second-order valence-electron chi connectivity index (χ2n) is 6.74. The molecule has 0 aliphatic carbocycles. The summed E-state index contributed by atoms with van der Waals surface area (Å²) in [4.78, 5) is 36.1. The predicted molar refractivity (Wildman–Crippen MR) is 110 cm³/mol. The fraction of sp³-hybridized carbons (Fsp3) is 0.263. The monoisotopic (exact) mass is 411 g/mol. The third kappa shape index (κ3) is 3.15. The number of hydrogen-bond acceptors (Lipinski definition) is 9. The number of aromatic nitrogens is 3. The van der Waals surface area contributed by atoms with E-state index in [1.807, 2.05) is 24.3 Å². The van der Waals surface area contributed by atoms with Crippen LogP contribution in [-0.4, -0.2) is 40.0 Å². The van der Waals surface area contributed by atoms with Crippen molar-refractivity contribution in [1.29, 1.82) is 0 Å². The topological polar surface area (TPSA) is 106 Å². The van der Waals surface area contributed by atoms with Crippen molar-refractivity contribution in [2.75, 3.05) is 24.5 Å². The molecule has 1 unspecified atom stereocenters. The molecule has 9 nitrogen and oxygen atoms in total. The minimum atomic E-state index is -0.685. The number of piperazine rings is 1. The van der Waals surface area contributed by atoms with Crippen LogP contribution in [0, 0.1) is 0 Å². The van der Waals surface area contributed by atoms with Gasteiger partial charge in [0.15, 0.2) is 0 Å². The second-order valence-corrected chi connectivity index (χ2v) is 7.75. The van der Waals surface area contributed by atoms with Gasteiger partial charge in [-0.05, 0) is 19.1 Å². The van der Waals surface area contributed by atoms with Crippen LogP contribution in [0.1, 0.15) is 6.92 Å². The summed E-state index contributed by atoms with van der Waals surface area (Å²) in [6.07, 6.45) is 0. The lowest BCUT2D eigenvalue weighted by Crippen LogP contribution is -2.50. The molecule has 0 spiro atoms. The Balaban J connectivity index is 2.00. The zero-order valence-corrected chi connectivity index (χ0v) is 16.3. The van der Waals surface area contributed by atoms with Gasteiger partial charge in [0.2, 0.25) is 10.9 Å². The standard InChI is InChI=1S/C19H17N5O4S/c1-11-10-20-8-9-23(11)18-21-12-4-2-3-5-13(12)29-19-22-16-17(24(18)19)28-15(26)7-6-14(25)27-16/h2-7,11,20H,8-10H2,1H3. The summed E-state index contributed by atoms with van der Waals surface area (Å²) in [6, 6.07) is 9.93. The van der Waals surface area contributed by atoms with E-state index < -0.39 is 11.3 Å². The summed E-state index contributed by atoms with van der Waals surface area (Å²) in [5.74, 6) is 0.577. The van der Waals surface area contributed by atoms with Crippen LogP contribution < -0.4 is 21.5 Å². The van der Waals surface area contributed by atoms with Gasteiger partial charge in [0, 0.05) is 37.8 Å². The molecule has 4 heterocycles. The van der Waals surface area contributed by atoms with Gasteiger partial charge in [-0.15, -0.1) is 0 Å². The average molecular weight is 411 g/mol. The molecule has 148 valence electrons. The number of nitrogens with zero attached hydrogens (tertiary/aromatic N) is 4. The van der Waals surface area contributed by atoms with Gasteiger partial charge in [-0.2, -0.15) is 4.98 Å². The van der Waals surface area contributed by atoms with Crippen LogP contribution >= 0.6 is 11.3 Å². The van der Waals surface area contributed by atoms with Crippen LogP contribution in [0.5, 0.6) is 0 Å². The summed E-state index contributed by atoms with van der Waals surface area (Å²) < 4.78 is 13.4. The fourth-order valence-corrected chi connectivity index (χ4v) is 4.33. The van der Waals surface area contributed by atoms with E-state index >= 15 is 0 Å². The molecule has 1 N–H and O–H groups in total. The number of fused-ring (bicyclic) bond motifs is 4. The van der Waals surface area contributed by atoms with E-state index in [1.165, 1.54) is 11.3 Å². The molecule has 0 saturated carbocycles. The average Bonchev–Trinajstić information content (AvgIpc) is 2.91. The van der Waals surface area contributed by atoms with Crippen molar-refractivity contribution in [2.24, 2.45) is 0 Å². The van der Waals surface area contributed by atoms with E-state index in [0.29, 0.717) is 17.5 Å². The Morgan fingerprint density at radius 1 is 1.10 bits per heavy atom. The van der Waals surface area contributed by atoms with Crippen molar-refractivity contribution in [3.05, 3.63) is 57.2 Å². The van der Waals surface area contributed by atoms with Crippen LogP contribution in [0.4, 0.5) is 5.95 Å². The molecule has 1 aliphatic rings. The van der Waals surface area contributed by atoms with Gasteiger partial charge < -0.3 is 19.1 Å². The number of nitrogens with one attached hydrogen (secondary N) is 1. The number of hydrogen-bond donors (Lipinski definition) is 1. The molecule has 1 aliphatic heterocycles. The molecule has 1 atom stereocenters. The summed E-state index contributed by atoms with van der Waals surface area (Å²) in [7, 11) is 0. The highest BCUT2D eigenvalue weighted by molar-refractivity contribution is 7.22. The molecule has 1 aromatic carbocycles. The predicted octanol–water partition coefficient (Wildman–Crippen LogP) is 1.93. The Morgan fingerprint density at radius 2 is 1.90 bits per heavy atom. The third-order valence-corrected chi connectivity index (χ3v) is 5.79. The Labute approximate surface area is 167 Å². The number of anilines is 1. The molecule has 10 heteroatoms. The van der Waals surface area contributed by atoms with Gasteiger partial charge >= 0.3 is 11.3 Å². The largest absolute Gasteiger partial charge is 0.400 e. The van der Waals surface area contributed by atoms with Crippen molar-refractivity contribution < 1.29 is 8.83 Å². The molecule has 3 aromatic heterocycles. The lowest BCUT2D eigenvalue weighted by molar-refractivity contribution is 0.486. The first-order valence-corrected chi connectivity index (χ1v) is 9.99. The van der Waals surface area contributed by atoms with Gasteiger partial charge in [0.1, 0.15) is 0 Å².